The molecule has 3 aromatic rings. The standard InChI is InChI=1S/C27H35FN6O3/c1-2-3-12-36-13-14-37-24-11-8-17-15-18(9-10-22(17)32-24)31-26-19(25(30)35)16-20(28)27(34-26)33-23-7-5-4-6-21(23)29/h8-11,15-16,21,23H,2-7,12-14,29H2,1H3,(H2,30,35)(H2,31,33,34)/t21-,23?/m0/s1. The van der Waals surface area contributed by atoms with Gasteiger partial charge in [0.25, 0.3) is 5.91 Å². The van der Waals surface area contributed by atoms with E-state index in [2.05, 4.69) is 27.5 Å². The summed E-state index contributed by atoms with van der Waals surface area (Å²) in [4.78, 5) is 20.9. The summed E-state index contributed by atoms with van der Waals surface area (Å²) in [5.74, 6) is -0.713. The highest BCUT2D eigenvalue weighted by Crippen LogP contribution is 2.28. The number of nitrogens with two attached hydrogens (primary N) is 2. The van der Waals surface area contributed by atoms with Gasteiger partial charge in [0.1, 0.15) is 12.4 Å². The summed E-state index contributed by atoms with van der Waals surface area (Å²) in [6.07, 6.45) is 5.90. The Kier molecular flexibility index (Phi) is 9.08. The SMILES string of the molecule is CCCCOCCOc1ccc2cc(Nc3nc(NC4CCCC[C@@H]4N)c(F)cc3C(N)=O)ccc2n1. The minimum atomic E-state index is -0.780. The van der Waals surface area contributed by atoms with Crippen molar-refractivity contribution in [3.8, 4) is 5.88 Å². The van der Waals surface area contributed by atoms with Gasteiger partial charge in [0, 0.05) is 35.8 Å². The van der Waals surface area contributed by atoms with Crippen LogP contribution in [0.4, 0.5) is 21.7 Å². The summed E-state index contributed by atoms with van der Waals surface area (Å²) >= 11 is 0. The maximum absolute atomic E-state index is 14.8. The van der Waals surface area contributed by atoms with E-state index in [0.29, 0.717) is 24.8 Å². The number of carbonyl (C=O) groups is 1. The topological polar surface area (TPSA) is 137 Å². The lowest BCUT2D eigenvalue weighted by molar-refractivity contribution is 0.0966. The number of hydrogen-bond donors (Lipinski definition) is 4. The van der Waals surface area contributed by atoms with Gasteiger partial charge in [-0.15, -0.1) is 0 Å². The van der Waals surface area contributed by atoms with Gasteiger partial charge in [0.15, 0.2) is 11.6 Å². The molecule has 6 N–H and O–H groups in total. The molecule has 4 rings (SSSR count). The van der Waals surface area contributed by atoms with Crippen LogP contribution >= 0.6 is 0 Å². The summed E-state index contributed by atoms with van der Waals surface area (Å²) in [6.45, 7) is 3.79. The number of anilines is 3. The third-order valence-corrected chi connectivity index (χ3v) is 6.43. The van der Waals surface area contributed by atoms with Gasteiger partial charge in [-0.3, -0.25) is 4.79 Å². The molecular formula is C27H35FN6O3. The number of nitrogens with one attached hydrogen (secondary N) is 2. The fourth-order valence-corrected chi connectivity index (χ4v) is 4.34. The molecule has 1 saturated carbocycles. The Morgan fingerprint density at radius 2 is 1.92 bits per heavy atom. The van der Waals surface area contributed by atoms with Gasteiger partial charge in [-0.1, -0.05) is 26.2 Å². The molecule has 10 heteroatoms. The molecule has 0 saturated heterocycles. The van der Waals surface area contributed by atoms with Crippen molar-refractivity contribution in [1.82, 2.24) is 9.97 Å². The van der Waals surface area contributed by atoms with E-state index >= 15 is 0 Å². The highest BCUT2D eigenvalue weighted by atomic mass is 19.1. The number of rotatable bonds is 12. The van der Waals surface area contributed by atoms with Crippen molar-refractivity contribution in [1.29, 1.82) is 0 Å². The Hall–Kier alpha value is -3.50. The Morgan fingerprint density at radius 1 is 1.08 bits per heavy atom. The lowest BCUT2D eigenvalue weighted by Crippen LogP contribution is -2.43. The first kappa shape index (κ1) is 26.6. The molecule has 1 aromatic carbocycles. The molecule has 0 spiro atoms. The minimum absolute atomic E-state index is 0.0396. The van der Waals surface area contributed by atoms with E-state index in [1.807, 2.05) is 18.2 Å². The second-order valence-corrected chi connectivity index (χ2v) is 9.27. The summed E-state index contributed by atoms with van der Waals surface area (Å²) < 4.78 is 26.0. The van der Waals surface area contributed by atoms with Gasteiger partial charge in [-0.25, -0.2) is 14.4 Å². The molecule has 0 radical (unpaired) electrons. The van der Waals surface area contributed by atoms with Gasteiger partial charge in [0.05, 0.1) is 17.7 Å². The Labute approximate surface area is 216 Å². The molecule has 1 amide bonds. The number of pyridine rings is 2. The fraction of sp³-hybridized carbons (Fsp3) is 0.444. The van der Waals surface area contributed by atoms with Crippen molar-refractivity contribution in [2.45, 2.75) is 57.5 Å². The lowest BCUT2D eigenvalue weighted by atomic mass is 9.91. The number of primary amides is 1. The molecule has 9 nitrogen and oxygen atoms in total. The van der Waals surface area contributed by atoms with Crippen LogP contribution in [-0.2, 0) is 4.74 Å². The van der Waals surface area contributed by atoms with Crippen molar-refractivity contribution in [3.63, 3.8) is 0 Å². The van der Waals surface area contributed by atoms with E-state index < -0.39 is 11.7 Å². The second-order valence-electron chi connectivity index (χ2n) is 9.27. The van der Waals surface area contributed by atoms with Crippen LogP contribution < -0.4 is 26.8 Å². The van der Waals surface area contributed by atoms with Crippen LogP contribution in [0, 0.1) is 5.82 Å². The van der Waals surface area contributed by atoms with E-state index in [-0.39, 0.29) is 29.3 Å². The van der Waals surface area contributed by atoms with Gasteiger partial charge < -0.3 is 31.6 Å². The fourth-order valence-electron chi connectivity index (χ4n) is 4.34. The Balaban J connectivity index is 1.48. The maximum atomic E-state index is 14.8. The van der Waals surface area contributed by atoms with Gasteiger partial charge in [0.2, 0.25) is 5.88 Å². The van der Waals surface area contributed by atoms with Crippen LogP contribution in [0.5, 0.6) is 5.88 Å². The van der Waals surface area contributed by atoms with Crippen molar-refractivity contribution >= 4 is 34.1 Å². The summed E-state index contributed by atoms with van der Waals surface area (Å²) in [6, 6.07) is 10.1. The first-order chi connectivity index (χ1) is 17.9. The van der Waals surface area contributed by atoms with E-state index in [1.54, 1.807) is 12.1 Å². The molecule has 1 aliphatic carbocycles. The molecule has 1 aliphatic rings. The number of aromatic nitrogens is 2. The largest absolute Gasteiger partial charge is 0.475 e. The highest BCUT2D eigenvalue weighted by molar-refractivity contribution is 5.99. The Morgan fingerprint density at radius 3 is 2.70 bits per heavy atom. The number of ether oxygens (including phenoxy) is 2. The van der Waals surface area contributed by atoms with Crippen LogP contribution in [0.2, 0.25) is 0 Å². The first-order valence-corrected chi connectivity index (χ1v) is 12.9. The number of unbranched alkanes of at least 4 members (excludes halogenated alkanes) is 1. The van der Waals surface area contributed by atoms with Crippen molar-refractivity contribution in [3.05, 3.63) is 47.8 Å². The molecule has 2 aromatic heterocycles. The van der Waals surface area contributed by atoms with Crippen LogP contribution in [0.3, 0.4) is 0 Å². The predicted octanol–water partition coefficient (Wildman–Crippen LogP) is 4.49. The van der Waals surface area contributed by atoms with Crippen molar-refractivity contribution in [2.24, 2.45) is 11.5 Å². The number of fused-ring (bicyclic) bond motifs is 1. The lowest BCUT2D eigenvalue weighted by Gasteiger charge is -2.30. The first-order valence-electron chi connectivity index (χ1n) is 12.9. The van der Waals surface area contributed by atoms with E-state index in [9.17, 15) is 9.18 Å². The molecular weight excluding hydrogens is 475 g/mol. The van der Waals surface area contributed by atoms with Crippen LogP contribution in [0.25, 0.3) is 10.9 Å². The number of carbonyl (C=O) groups excluding carboxylic acids is 1. The molecule has 0 bridgehead atoms. The maximum Gasteiger partial charge on any atom is 0.252 e. The number of benzene rings is 1. The molecule has 2 heterocycles. The van der Waals surface area contributed by atoms with Crippen LogP contribution in [0.1, 0.15) is 55.8 Å². The highest BCUT2D eigenvalue weighted by Gasteiger charge is 2.24. The number of nitrogens with zero attached hydrogens (tertiary/aromatic N) is 2. The summed E-state index contributed by atoms with van der Waals surface area (Å²) in [5, 5.41) is 7.08. The zero-order chi connectivity index (χ0) is 26.2. The van der Waals surface area contributed by atoms with Gasteiger partial charge >= 0.3 is 0 Å². The third-order valence-electron chi connectivity index (χ3n) is 6.43. The van der Waals surface area contributed by atoms with E-state index in [4.69, 9.17) is 20.9 Å². The average molecular weight is 511 g/mol. The van der Waals surface area contributed by atoms with Crippen molar-refractivity contribution < 1.29 is 18.7 Å². The average Bonchev–Trinajstić information content (AvgIpc) is 2.89. The van der Waals surface area contributed by atoms with E-state index in [1.165, 1.54) is 0 Å². The van der Waals surface area contributed by atoms with Gasteiger partial charge in [-0.2, -0.15) is 0 Å². The second kappa shape index (κ2) is 12.6. The van der Waals surface area contributed by atoms with Gasteiger partial charge in [-0.05, 0) is 49.6 Å². The zero-order valence-corrected chi connectivity index (χ0v) is 21.1. The normalized spacial score (nSPS) is 17.5. The Bertz CT molecular complexity index is 1220. The van der Waals surface area contributed by atoms with Crippen molar-refractivity contribution in [2.75, 3.05) is 30.5 Å². The minimum Gasteiger partial charge on any atom is -0.475 e. The zero-order valence-electron chi connectivity index (χ0n) is 21.1. The number of amides is 1. The number of halogens is 1. The third kappa shape index (κ3) is 7.05. The van der Waals surface area contributed by atoms with Crippen LogP contribution in [0.15, 0.2) is 36.4 Å². The molecule has 0 aliphatic heterocycles. The van der Waals surface area contributed by atoms with E-state index in [0.717, 1.165) is 62.1 Å². The summed E-state index contributed by atoms with van der Waals surface area (Å²) in [7, 11) is 0. The molecule has 1 unspecified atom stereocenters. The predicted molar refractivity (Wildman–Crippen MR) is 143 cm³/mol. The quantitative estimate of drug-likeness (QED) is 0.262. The summed E-state index contributed by atoms with van der Waals surface area (Å²) in [5.41, 5.74) is 13.1. The van der Waals surface area contributed by atoms with Crippen LogP contribution in [-0.4, -0.2) is 47.8 Å². The molecule has 1 fully saturated rings. The smallest absolute Gasteiger partial charge is 0.252 e. The number of hydrogen-bond acceptors (Lipinski definition) is 8. The monoisotopic (exact) mass is 510 g/mol. The molecule has 37 heavy (non-hydrogen) atoms. The molecule has 2 atom stereocenters. The molecule has 198 valence electrons.